The zero-order valence-electron chi connectivity index (χ0n) is 20.4. The first-order chi connectivity index (χ1) is 18.4. The minimum Gasteiger partial charge on any atom is -0.484 e. The van der Waals surface area contributed by atoms with Crippen LogP contribution in [0.5, 0.6) is 5.75 Å². The van der Waals surface area contributed by atoms with Crippen LogP contribution in [-0.4, -0.2) is 27.0 Å². The molecule has 1 unspecified atom stereocenters. The van der Waals surface area contributed by atoms with Crippen LogP contribution in [0.25, 0.3) is 16.6 Å². The van der Waals surface area contributed by atoms with E-state index in [1.165, 1.54) is 40.0 Å². The van der Waals surface area contributed by atoms with E-state index in [4.69, 9.17) is 25.7 Å². The zero-order chi connectivity index (χ0) is 26.6. The molecule has 0 bridgehead atoms. The molecule has 0 aliphatic carbocycles. The lowest BCUT2D eigenvalue weighted by Gasteiger charge is -2.30. The molecular weight excluding hydrogens is 509 g/mol. The Bertz CT molecular complexity index is 1620. The zero-order valence-corrected chi connectivity index (χ0v) is 21.1. The second kappa shape index (κ2) is 10.9. The highest BCUT2D eigenvalue weighted by Gasteiger charge is 2.28. The summed E-state index contributed by atoms with van der Waals surface area (Å²) >= 11 is 5.95. The molecule has 1 amide bonds. The Hall–Kier alpha value is -4.43. The molecule has 5 aromatic rings. The Morgan fingerprint density at radius 1 is 1.05 bits per heavy atom. The summed E-state index contributed by atoms with van der Waals surface area (Å²) < 4.78 is 26.4. The average Bonchev–Trinajstić information content (AvgIpc) is 3.45. The van der Waals surface area contributed by atoms with Crippen molar-refractivity contribution in [2.24, 2.45) is 0 Å². The average molecular weight is 532 g/mol. The fourth-order valence-corrected chi connectivity index (χ4v) is 4.31. The topological polar surface area (TPSA) is 77.6 Å². The van der Waals surface area contributed by atoms with Gasteiger partial charge in [-0.1, -0.05) is 23.7 Å². The molecule has 2 heterocycles. The number of ether oxygens (including phenoxy) is 1. The van der Waals surface area contributed by atoms with Crippen molar-refractivity contribution in [1.29, 1.82) is 0 Å². The molecule has 0 fully saturated rings. The van der Waals surface area contributed by atoms with Gasteiger partial charge in [-0.05, 0) is 79.7 Å². The van der Waals surface area contributed by atoms with Gasteiger partial charge in [-0.2, -0.15) is 0 Å². The Morgan fingerprint density at radius 3 is 2.50 bits per heavy atom. The van der Waals surface area contributed by atoms with Crippen LogP contribution >= 0.6 is 11.6 Å². The van der Waals surface area contributed by atoms with Gasteiger partial charge in [0.15, 0.2) is 6.61 Å². The Balaban J connectivity index is 1.57. The smallest absolute Gasteiger partial charge is 0.266 e. The number of hydrogen-bond acceptors (Lipinski definition) is 5. The standard InChI is InChI=1S/C29H23ClFN3O4/c1-19(33(17-24-5-4-16-37-24)27(35)18-38-23-14-8-20(30)9-15-23)28-32-26-7-3-2-6-25(26)29(36)34(28)22-12-10-21(31)11-13-22/h2-16,19H,17-18H2,1H3. The first-order valence-corrected chi connectivity index (χ1v) is 12.3. The highest BCUT2D eigenvalue weighted by Crippen LogP contribution is 2.25. The van der Waals surface area contributed by atoms with E-state index >= 15 is 0 Å². The number of benzene rings is 3. The summed E-state index contributed by atoms with van der Waals surface area (Å²) in [6.45, 7) is 1.63. The molecule has 9 heteroatoms. The third-order valence-electron chi connectivity index (χ3n) is 6.13. The molecule has 1 atom stereocenters. The maximum Gasteiger partial charge on any atom is 0.266 e. The van der Waals surface area contributed by atoms with E-state index in [-0.39, 0.29) is 24.6 Å². The van der Waals surface area contributed by atoms with Crippen LogP contribution < -0.4 is 10.3 Å². The first kappa shape index (κ1) is 25.2. The van der Waals surface area contributed by atoms with E-state index in [0.29, 0.717) is 38.9 Å². The number of carbonyl (C=O) groups excluding carboxylic acids is 1. The summed E-state index contributed by atoms with van der Waals surface area (Å²) in [5.74, 6) is 0.566. The van der Waals surface area contributed by atoms with Gasteiger partial charge >= 0.3 is 0 Å². The van der Waals surface area contributed by atoms with Gasteiger partial charge in [0.25, 0.3) is 11.5 Å². The Labute approximate surface area is 222 Å². The maximum absolute atomic E-state index is 13.7. The number of amides is 1. The molecule has 0 radical (unpaired) electrons. The fourth-order valence-electron chi connectivity index (χ4n) is 4.18. The maximum atomic E-state index is 13.7. The molecule has 0 aliphatic heterocycles. The SMILES string of the molecule is CC(c1nc2ccccc2c(=O)n1-c1ccc(F)cc1)N(Cc1ccco1)C(=O)COc1ccc(Cl)cc1. The number of aromatic nitrogens is 2. The van der Waals surface area contributed by atoms with Crippen molar-refractivity contribution in [3.63, 3.8) is 0 Å². The second-order valence-corrected chi connectivity index (χ2v) is 9.06. The van der Waals surface area contributed by atoms with Crippen LogP contribution in [0.3, 0.4) is 0 Å². The van der Waals surface area contributed by atoms with Crippen LogP contribution in [0, 0.1) is 5.82 Å². The van der Waals surface area contributed by atoms with Gasteiger partial charge in [-0.15, -0.1) is 0 Å². The van der Waals surface area contributed by atoms with Gasteiger partial charge in [0.1, 0.15) is 23.2 Å². The quantitative estimate of drug-likeness (QED) is 0.248. The van der Waals surface area contributed by atoms with Crippen LogP contribution in [0.1, 0.15) is 24.6 Å². The van der Waals surface area contributed by atoms with Crippen LogP contribution in [0.4, 0.5) is 4.39 Å². The van der Waals surface area contributed by atoms with E-state index in [9.17, 15) is 14.0 Å². The van der Waals surface area contributed by atoms with Crippen molar-refractivity contribution in [2.45, 2.75) is 19.5 Å². The minimum absolute atomic E-state index is 0.114. The molecular formula is C29H23ClFN3O4. The lowest BCUT2D eigenvalue weighted by atomic mass is 10.1. The van der Waals surface area contributed by atoms with Crippen molar-refractivity contribution in [2.75, 3.05) is 6.61 Å². The van der Waals surface area contributed by atoms with Crippen molar-refractivity contribution < 1.29 is 18.3 Å². The highest BCUT2D eigenvalue weighted by molar-refractivity contribution is 6.30. The predicted molar refractivity (Wildman–Crippen MR) is 142 cm³/mol. The minimum atomic E-state index is -0.691. The predicted octanol–water partition coefficient (Wildman–Crippen LogP) is 5.94. The summed E-state index contributed by atoms with van der Waals surface area (Å²) in [5.41, 5.74) is 0.590. The summed E-state index contributed by atoms with van der Waals surface area (Å²) in [6.07, 6.45) is 1.52. The second-order valence-electron chi connectivity index (χ2n) is 8.62. The van der Waals surface area contributed by atoms with Crippen molar-refractivity contribution in [3.05, 3.63) is 124 Å². The number of halogens is 2. The summed E-state index contributed by atoms with van der Waals surface area (Å²) in [4.78, 5) is 33.5. The van der Waals surface area contributed by atoms with Gasteiger partial charge in [0, 0.05) is 5.02 Å². The van der Waals surface area contributed by atoms with Crippen LogP contribution in [0.2, 0.25) is 5.02 Å². The summed E-state index contributed by atoms with van der Waals surface area (Å²) in [7, 11) is 0. The largest absolute Gasteiger partial charge is 0.484 e. The van der Waals surface area contributed by atoms with Crippen molar-refractivity contribution >= 4 is 28.4 Å². The molecule has 3 aromatic carbocycles. The molecule has 0 N–H and O–H groups in total. The lowest BCUT2D eigenvalue weighted by Crippen LogP contribution is -2.39. The lowest BCUT2D eigenvalue weighted by molar-refractivity contribution is -0.136. The molecule has 0 saturated heterocycles. The van der Waals surface area contributed by atoms with Gasteiger partial charge in [-0.3, -0.25) is 14.2 Å². The van der Waals surface area contributed by atoms with Crippen LogP contribution in [0.15, 0.2) is 100 Å². The molecule has 7 nitrogen and oxygen atoms in total. The molecule has 5 rings (SSSR count). The summed E-state index contributed by atoms with van der Waals surface area (Å²) in [5, 5.41) is 0.959. The number of hydrogen-bond donors (Lipinski definition) is 0. The molecule has 192 valence electrons. The monoisotopic (exact) mass is 531 g/mol. The Kier molecular flexibility index (Phi) is 7.24. The number of para-hydroxylation sites is 1. The van der Waals surface area contributed by atoms with Crippen LogP contribution in [-0.2, 0) is 11.3 Å². The molecule has 0 spiro atoms. The normalized spacial score (nSPS) is 11.9. The molecule has 2 aromatic heterocycles. The van der Waals surface area contributed by atoms with E-state index in [0.717, 1.165) is 0 Å². The number of furan rings is 1. The molecule has 38 heavy (non-hydrogen) atoms. The highest BCUT2D eigenvalue weighted by atomic mass is 35.5. The van der Waals surface area contributed by atoms with E-state index in [2.05, 4.69) is 0 Å². The van der Waals surface area contributed by atoms with E-state index < -0.39 is 11.9 Å². The number of fused-ring (bicyclic) bond motifs is 1. The Morgan fingerprint density at radius 2 is 1.79 bits per heavy atom. The molecule has 0 aliphatic rings. The molecule has 0 saturated carbocycles. The van der Waals surface area contributed by atoms with Gasteiger partial charge < -0.3 is 14.1 Å². The number of nitrogens with zero attached hydrogens (tertiary/aromatic N) is 3. The van der Waals surface area contributed by atoms with Gasteiger partial charge in [0.2, 0.25) is 0 Å². The van der Waals surface area contributed by atoms with Crippen molar-refractivity contribution in [3.8, 4) is 11.4 Å². The third kappa shape index (κ3) is 5.31. The van der Waals surface area contributed by atoms with Gasteiger partial charge in [-0.25, -0.2) is 9.37 Å². The fraction of sp³-hybridized carbons (Fsp3) is 0.138. The van der Waals surface area contributed by atoms with E-state index in [1.54, 1.807) is 67.6 Å². The van der Waals surface area contributed by atoms with E-state index in [1.807, 2.05) is 0 Å². The summed E-state index contributed by atoms with van der Waals surface area (Å²) in [6, 6.07) is 22.0. The first-order valence-electron chi connectivity index (χ1n) is 11.9. The number of carbonyl (C=O) groups is 1. The third-order valence-corrected chi connectivity index (χ3v) is 6.38. The number of rotatable bonds is 8. The van der Waals surface area contributed by atoms with Crippen molar-refractivity contribution in [1.82, 2.24) is 14.5 Å². The van der Waals surface area contributed by atoms with Gasteiger partial charge in [0.05, 0.1) is 35.4 Å².